The number of nitrogens with two attached hydrogens (primary N) is 1. The van der Waals surface area contributed by atoms with Crippen LogP contribution < -0.4 is 15.2 Å². The van der Waals surface area contributed by atoms with Crippen LogP contribution in [0.3, 0.4) is 0 Å². The monoisotopic (exact) mass is 387 g/mol. The average molecular weight is 387 g/mol. The molecule has 4 rings (SSSR count). The highest BCUT2D eigenvalue weighted by atomic mass is 16.5. The minimum atomic E-state index is -0.916. The number of hydrogen-bond donors (Lipinski definition) is 1. The molecule has 7 nitrogen and oxygen atoms in total. The molecule has 2 amide bonds. The Kier molecular flexibility index (Phi) is 4.95. The van der Waals surface area contributed by atoms with Crippen LogP contribution in [0.5, 0.6) is 11.5 Å². The van der Waals surface area contributed by atoms with E-state index >= 15 is 0 Å². The Morgan fingerprint density at radius 2 is 1.79 bits per heavy atom. The number of nitrogens with zero attached hydrogens (tertiary/aromatic N) is 2. The number of piperidine rings is 1. The van der Waals surface area contributed by atoms with Gasteiger partial charge in [-0.15, -0.1) is 0 Å². The lowest BCUT2D eigenvalue weighted by Gasteiger charge is -2.42. The van der Waals surface area contributed by atoms with Crippen molar-refractivity contribution >= 4 is 11.8 Å². The Labute approximate surface area is 165 Å². The van der Waals surface area contributed by atoms with Gasteiger partial charge in [-0.25, -0.2) is 0 Å². The first-order valence-corrected chi connectivity index (χ1v) is 10.1. The highest BCUT2D eigenvalue weighted by Gasteiger charge is 2.57. The van der Waals surface area contributed by atoms with Crippen molar-refractivity contribution in [2.24, 2.45) is 11.1 Å². The molecule has 0 radical (unpaired) electrons. The molecule has 7 heteroatoms. The number of carbonyl (C=O) groups is 2. The summed E-state index contributed by atoms with van der Waals surface area (Å²) in [7, 11) is 3.31. The molecule has 28 heavy (non-hydrogen) atoms. The van der Waals surface area contributed by atoms with Gasteiger partial charge in [0, 0.05) is 32.2 Å². The van der Waals surface area contributed by atoms with Gasteiger partial charge >= 0.3 is 0 Å². The van der Waals surface area contributed by atoms with Gasteiger partial charge in [-0.2, -0.15) is 0 Å². The van der Waals surface area contributed by atoms with Crippen molar-refractivity contribution in [2.45, 2.75) is 44.7 Å². The number of fused-ring (bicyclic) bond motifs is 1. The first-order chi connectivity index (χ1) is 13.5. The SMILES string of the molecule is COc1cc2c(cc1OC)CN([C@@H]1CCCN(C(=O)C3(C(N)=O)CC3)C1)CC2. The zero-order valence-electron chi connectivity index (χ0n) is 16.7. The van der Waals surface area contributed by atoms with Gasteiger partial charge in [0.15, 0.2) is 11.5 Å². The summed E-state index contributed by atoms with van der Waals surface area (Å²) >= 11 is 0. The molecule has 2 aliphatic heterocycles. The molecule has 0 spiro atoms. The molecular formula is C21H29N3O4. The molecule has 2 fully saturated rings. The fourth-order valence-corrected chi connectivity index (χ4v) is 4.65. The number of carbonyl (C=O) groups excluding carboxylic acids is 2. The normalized spacial score (nSPS) is 23.6. The second kappa shape index (κ2) is 7.28. The van der Waals surface area contributed by atoms with E-state index < -0.39 is 11.3 Å². The van der Waals surface area contributed by atoms with Crippen LogP contribution >= 0.6 is 0 Å². The molecule has 1 saturated carbocycles. The third-order valence-electron chi connectivity index (χ3n) is 6.58. The first-order valence-electron chi connectivity index (χ1n) is 10.1. The molecule has 152 valence electrons. The summed E-state index contributed by atoms with van der Waals surface area (Å²) in [6.07, 6.45) is 4.17. The summed E-state index contributed by atoms with van der Waals surface area (Å²) in [5.74, 6) is 0.993. The topological polar surface area (TPSA) is 85.1 Å². The molecule has 1 aromatic carbocycles. The number of ether oxygens (including phenoxy) is 2. The van der Waals surface area contributed by atoms with E-state index in [4.69, 9.17) is 15.2 Å². The van der Waals surface area contributed by atoms with E-state index in [1.807, 2.05) is 4.90 Å². The van der Waals surface area contributed by atoms with Crippen LogP contribution in [-0.4, -0.2) is 61.5 Å². The van der Waals surface area contributed by atoms with Gasteiger partial charge in [-0.1, -0.05) is 0 Å². The summed E-state index contributed by atoms with van der Waals surface area (Å²) in [6.45, 7) is 3.19. The Morgan fingerprint density at radius 3 is 2.39 bits per heavy atom. The third kappa shape index (κ3) is 3.21. The highest BCUT2D eigenvalue weighted by Crippen LogP contribution is 2.47. The predicted molar refractivity (Wildman–Crippen MR) is 104 cm³/mol. The molecular weight excluding hydrogens is 358 g/mol. The largest absolute Gasteiger partial charge is 0.493 e. The second-order valence-electron chi connectivity index (χ2n) is 8.19. The standard InChI is InChI=1S/C21H29N3O4/c1-27-17-10-14-5-9-23(12-15(14)11-18(17)28-2)16-4-3-8-24(13-16)20(26)21(6-7-21)19(22)25/h10-11,16H,3-9,12-13H2,1-2H3,(H2,22,25)/t16-/m1/s1. The Hall–Kier alpha value is -2.28. The van der Waals surface area contributed by atoms with E-state index in [-0.39, 0.29) is 5.91 Å². The smallest absolute Gasteiger partial charge is 0.238 e. The van der Waals surface area contributed by atoms with Gasteiger partial charge in [0.05, 0.1) is 14.2 Å². The number of likely N-dealkylation sites (tertiary alicyclic amines) is 1. The van der Waals surface area contributed by atoms with E-state index in [9.17, 15) is 9.59 Å². The van der Waals surface area contributed by atoms with Crippen LogP contribution in [0, 0.1) is 5.41 Å². The quantitative estimate of drug-likeness (QED) is 0.770. The molecule has 1 saturated heterocycles. The van der Waals surface area contributed by atoms with Crippen molar-refractivity contribution in [1.82, 2.24) is 9.80 Å². The van der Waals surface area contributed by atoms with Crippen LogP contribution in [0.2, 0.25) is 0 Å². The Balaban J connectivity index is 1.47. The minimum absolute atomic E-state index is 0.0616. The van der Waals surface area contributed by atoms with Gasteiger partial charge < -0.3 is 20.1 Å². The van der Waals surface area contributed by atoms with E-state index in [0.29, 0.717) is 25.4 Å². The number of methoxy groups -OCH3 is 2. The average Bonchev–Trinajstić information content (AvgIpc) is 3.54. The van der Waals surface area contributed by atoms with Crippen molar-refractivity contribution in [3.05, 3.63) is 23.3 Å². The molecule has 2 N–H and O–H groups in total. The van der Waals surface area contributed by atoms with Gasteiger partial charge in [0.1, 0.15) is 5.41 Å². The molecule has 2 heterocycles. The molecule has 0 aromatic heterocycles. The lowest BCUT2D eigenvalue weighted by atomic mass is 9.94. The van der Waals surface area contributed by atoms with Crippen molar-refractivity contribution in [2.75, 3.05) is 33.9 Å². The van der Waals surface area contributed by atoms with Crippen LogP contribution in [-0.2, 0) is 22.6 Å². The number of rotatable bonds is 5. The Bertz CT molecular complexity index is 790. The van der Waals surface area contributed by atoms with Gasteiger partial charge in [-0.3, -0.25) is 14.5 Å². The Morgan fingerprint density at radius 1 is 1.11 bits per heavy atom. The fourth-order valence-electron chi connectivity index (χ4n) is 4.65. The summed E-state index contributed by atoms with van der Waals surface area (Å²) in [6, 6.07) is 4.45. The molecule has 0 bridgehead atoms. The molecule has 3 aliphatic rings. The van der Waals surface area contributed by atoms with Crippen molar-refractivity contribution < 1.29 is 19.1 Å². The number of primary amides is 1. The lowest BCUT2D eigenvalue weighted by molar-refractivity contribution is -0.144. The molecule has 1 atom stereocenters. The maximum absolute atomic E-state index is 12.9. The van der Waals surface area contributed by atoms with Crippen LogP contribution in [0.1, 0.15) is 36.8 Å². The second-order valence-corrected chi connectivity index (χ2v) is 8.19. The van der Waals surface area contributed by atoms with E-state index in [2.05, 4.69) is 17.0 Å². The van der Waals surface area contributed by atoms with E-state index in [1.165, 1.54) is 11.1 Å². The summed E-state index contributed by atoms with van der Waals surface area (Å²) < 4.78 is 10.9. The summed E-state index contributed by atoms with van der Waals surface area (Å²) in [5, 5.41) is 0. The summed E-state index contributed by atoms with van der Waals surface area (Å²) in [5.41, 5.74) is 7.13. The van der Waals surface area contributed by atoms with Crippen LogP contribution in [0.4, 0.5) is 0 Å². The highest BCUT2D eigenvalue weighted by molar-refractivity contribution is 6.07. The van der Waals surface area contributed by atoms with Crippen molar-refractivity contribution in [1.29, 1.82) is 0 Å². The van der Waals surface area contributed by atoms with E-state index in [0.717, 1.165) is 50.4 Å². The van der Waals surface area contributed by atoms with Gasteiger partial charge in [0.2, 0.25) is 11.8 Å². The van der Waals surface area contributed by atoms with Crippen molar-refractivity contribution in [3.63, 3.8) is 0 Å². The minimum Gasteiger partial charge on any atom is -0.493 e. The number of hydrogen-bond acceptors (Lipinski definition) is 5. The predicted octanol–water partition coefficient (Wildman–Crippen LogP) is 1.32. The molecule has 1 aliphatic carbocycles. The van der Waals surface area contributed by atoms with E-state index in [1.54, 1.807) is 14.2 Å². The molecule has 1 aromatic rings. The summed E-state index contributed by atoms with van der Waals surface area (Å²) in [4.78, 5) is 29.0. The maximum atomic E-state index is 12.9. The lowest BCUT2D eigenvalue weighted by Crippen LogP contribution is -2.53. The van der Waals surface area contributed by atoms with Crippen LogP contribution in [0.15, 0.2) is 12.1 Å². The first kappa shape index (κ1) is 19.1. The zero-order valence-corrected chi connectivity index (χ0v) is 16.7. The van der Waals surface area contributed by atoms with Gasteiger partial charge in [-0.05, 0) is 55.4 Å². The third-order valence-corrected chi connectivity index (χ3v) is 6.58. The van der Waals surface area contributed by atoms with Crippen LogP contribution in [0.25, 0.3) is 0 Å². The molecule has 0 unspecified atom stereocenters. The number of benzene rings is 1. The van der Waals surface area contributed by atoms with Crippen molar-refractivity contribution in [3.8, 4) is 11.5 Å². The zero-order chi connectivity index (χ0) is 19.9. The maximum Gasteiger partial charge on any atom is 0.238 e. The van der Waals surface area contributed by atoms with Gasteiger partial charge in [0.25, 0.3) is 0 Å². The number of amides is 2. The fraction of sp³-hybridized carbons (Fsp3) is 0.619.